The Balaban J connectivity index is 2.38. The average molecular weight is 396 g/mol. The summed E-state index contributed by atoms with van der Waals surface area (Å²) in [6.45, 7) is 0. The molecule has 146 valence electrons. The molecule has 10 heteroatoms. The lowest BCUT2D eigenvalue weighted by molar-refractivity contribution is -0.385. The van der Waals surface area contributed by atoms with Crippen molar-refractivity contribution in [1.82, 2.24) is 0 Å². The zero-order valence-electron chi connectivity index (χ0n) is 14.5. The zero-order chi connectivity index (χ0) is 21.3. The summed E-state index contributed by atoms with van der Waals surface area (Å²) in [6.07, 6.45) is 0. The summed E-state index contributed by atoms with van der Waals surface area (Å²) in [5, 5.41) is 52.7. The molecule has 3 N–H and O–H groups in total. The van der Waals surface area contributed by atoms with E-state index in [-0.39, 0.29) is 33.6 Å². The highest BCUT2D eigenvalue weighted by Gasteiger charge is 2.20. The molecule has 0 radical (unpaired) electrons. The second kappa shape index (κ2) is 7.27. The number of non-ortho nitro benzene ring substituents is 2. The number of benzene rings is 2. The number of aromatic hydroxyl groups is 3. The van der Waals surface area contributed by atoms with Gasteiger partial charge < -0.3 is 15.3 Å². The predicted molar refractivity (Wildman–Crippen MR) is 102 cm³/mol. The van der Waals surface area contributed by atoms with E-state index in [2.05, 4.69) is 0 Å². The van der Waals surface area contributed by atoms with Crippen molar-refractivity contribution in [2.75, 3.05) is 0 Å². The lowest BCUT2D eigenvalue weighted by atomic mass is 10.0. The third-order valence-corrected chi connectivity index (χ3v) is 4.19. The Morgan fingerprint density at radius 2 is 1.10 bits per heavy atom. The molecule has 0 atom stereocenters. The van der Waals surface area contributed by atoms with E-state index in [0.717, 1.165) is 18.2 Å². The van der Waals surface area contributed by atoms with Crippen LogP contribution in [0.2, 0.25) is 0 Å². The standard InChI is InChI=1S/C19H12N2O8/c22-16-14(10-3-1-5-12(7-10)20(26)27)9-15(17(23)19(25)18(16)24)11-4-2-6-13(8-11)21(28)29/h1-9H,(H3,22,23,24,25). The Morgan fingerprint density at radius 3 is 1.55 bits per heavy atom. The number of hydrogen-bond donors (Lipinski definition) is 3. The molecule has 0 unspecified atom stereocenters. The van der Waals surface area contributed by atoms with Crippen molar-refractivity contribution in [3.05, 3.63) is 85.0 Å². The SMILES string of the molecule is O=c1c(O)c(-c2cccc([N+](=O)[O-])c2)cc(-c2cccc([N+](=O)[O-])c2)c(O)c1O. The van der Waals surface area contributed by atoms with E-state index in [1.807, 2.05) is 0 Å². The third-order valence-electron chi connectivity index (χ3n) is 4.19. The van der Waals surface area contributed by atoms with E-state index < -0.39 is 32.5 Å². The molecule has 0 aliphatic rings. The van der Waals surface area contributed by atoms with E-state index in [0.29, 0.717) is 0 Å². The van der Waals surface area contributed by atoms with Crippen LogP contribution in [0, 0.1) is 20.2 Å². The highest BCUT2D eigenvalue weighted by atomic mass is 16.6. The number of rotatable bonds is 4. The molecular weight excluding hydrogens is 384 g/mol. The maximum absolute atomic E-state index is 12.3. The van der Waals surface area contributed by atoms with Gasteiger partial charge in [-0.05, 0) is 17.2 Å². The fourth-order valence-electron chi connectivity index (χ4n) is 2.76. The lowest BCUT2D eigenvalue weighted by Gasteiger charge is -2.05. The summed E-state index contributed by atoms with van der Waals surface area (Å²) in [6, 6.07) is 11.2. The van der Waals surface area contributed by atoms with E-state index in [1.165, 1.54) is 36.4 Å². The Hall–Kier alpha value is -4.47. The van der Waals surface area contributed by atoms with Crippen LogP contribution in [0.25, 0.3) is 22.3 Å². The van der Waals surface area contributed by atoms with Crippen LogP contribution in [0.4, 0.5) is 11.4 Å². The first kappa shape index (κ1) is 19.3. The summed E-state index contributed by atoms with van der Waals surface area (Å²) in [4.78, 5) is 33.0. The predicted octanol–water partition coefficient (Wildman–Crippen LogP) is 3.31. The van der Waals surface area contributed by atoms with Gasteiger partial charge in [0.05, 0.1) is 9.85 Å². The minimum absolute atomic E-state index is 0.0653. The Labute approximate surface area is 161 Å². The number of nitro benzene ring substituents is 2. The van der Waals surface area contributed by atoms with Crippen molar-refractivity contribution in [2.24, 2.45) is 0 Å². The van der Waals surface area contributed by atoms with Crippen molar-refractivity contribution < 1.29 is 25.2 Å². The Kier molecular flexibility index (Phi) is 4.84. The van der Waals surface area contributed by atoms with E-state index >= 15 is 0 Å². The Morgan fingerprint density at radius 1 is 0.655 bits per heavy atom. The topological polar surface area (TPSA) is 164 Å². The van der Waals surface area contributed by atoms with Crippen LogP contribution < -0.4 is 5.43 Å². The highest BCUT2D eigenvalue weighted by Crippen LogP contribution is 2.40. The van der Waals surface area contributed by atoms with Gasteiger partial charge in [0, 0.05) is 35.4 Å². The van der Waals surface area contributed by atoms with Crippen LogP contribution in [0.15, 0.2) is 59.4 Å². The molecule has 0 aliphatic carbocycles. The monoisotopic (exact) mass is 396 g/mol. The van der Waals surface area contributed by atoms with Gasteiger partial charge in [0.25, 0.3) is 16.8 Å². The smallest absolute Gasteiger partial charge is 0.270 e. The third kappa shape index (κ3) is 3.54. The first-order valence-corrected chi connectivity index (χ1v) is 8.02. The average Bonchev–Trinajstić information content (AvgIpc) is 2.79. The van der Waals surface area contributed by atoms with Crippen LogP contribution in [-0.4, -0.2) is 25.2 Å². The first-order chi connectivity index (χ1) is 13.7. The molecule has 0 aromatic heterocycles. The molecule has 3 aromatic carbocycles. The highest BCUT2D eigenvalue weighted by molar-refractivity contribution is 5.82. The van der Waals surface area contributed by atoms with Gasteiger partial charge in [0.1, 0.15) is 0 Å². The minimum atomic E-state index is -1.30. The van der Waals surface area contributed by atoms with Gasteiger partial charge in [-0.15, -0.1) is 0 Å². The quantitative estimate of drug-likeness (QED) is 0.446. The van der Waals surface area contributed by atoms with Gasteiger partial charge in [0.15, 0.2) is 11.5 Å². The van der Waals surface area contributed by atoms with Gasteiger partial charge in [-0.1, -0.05) is 24.3 Å². The molecule has 0 spiro atoms. The lowest BCUT2D eigenvalue weighted by Crippen LogP contribution is -1.97. The second-order valence-corrected chi connectivity index (χ2v) is 5.96. The normalized spacial score (nSPS) is 10.5. The number of nitro groups is 2. The van der Waals surface area contributed by atoms with Gasteiger partial charge in [-0.2, -0.15) is 0 Å². The van der Waals surface area contributed by atoms with Crippen molar-refractivity contribution in [3.63, 3.8) is 0 Å². The van der Waals surface area contributed by atoms with E-state index in [4.69, 9.17) is 0 Å². The van der Waals surface area contributed by atoms with Crippen LogP contribution in [0.3, 0.4) is 0 Å². The summed E-state index contributed by atoms with van der Waals surface area (Å²) in [7, 11) is 0. The molecule has 3 rings (SSSR count). The molecule has 0 bridgehead atoms. The molecule has 0 heterocycles. The summed E-state index contributed by atoms with van der Waals surface area (Å²) in [5.41, 5.74) is -2.19. The van der Waals surface area contributed by atoms with Crippen LogP contribution in [-0.2, 0) is 0 Å². The van der Waals surface area contributed by atoms with Crippen molar-refractivity contribution in [3.8, 4) is 39.5 Å². The summed E-state index contributed by atoms with van der Waals surface area (Å²) in [5.74, 6) is -3.02. The van der Waals surface area contributed by atoms with Crippen LogP contribution in [0.5, 0.6) is 17.2 Å². The van der Waals surface area contributed by atoms with Crippen molar-refractivity contribution in [2.45, 2.75) is 0 Å². The molecule has 10 nitrogen and oxygen atoms in total. The molecular formula is C19H12N2O8. The maximum Gasteiger partial charge on any atom is 0.270 e. The molecule has 0 fully saturated rings. The summed E-state index contributed by atoms with van der Waals surface area (Å²) >= 11 is 0. The van der Waals surface area contributed by atoms with Gasteiger partial charge in [-0.3, -0.25) is 25.0 Å². The van der Waals surface area contributed by atoms with Crippen molar-refractivity contribution >= 4 is 11.4 Å². The van der Waals surface area contributed by atoms with Gasteiger partial charge >= 0.3 is 0 Å². The second-order valence-electron chi connectivity index (χ2n) is 5.96. The molecule has 3 aromatic rings. The molecule has 0 saturated heterocycles. The van der Waals surface area contributed by atoms with Crippen LogP contribution >= 0.6 is 0 Å². The molecule has 0 aliphatic heterocycles. The fraction of sp³-hybridized carbons (Fsp3) is 0. The van der Waals surface area contributed by atoms with E-state index in [9.17, 15) is 40.3 Å². The maximum atomic E-state index is 12.3. The van der Waals surface area contributed by atoms with Crippen molar-refractivity contribution in [1.29, 1.82) is 0 Å². The number of hydrogen-bond acceptors (Lipinski definition) is 8. The Bertz CT molecular complexity index is 1220. The molecule has 0 saturated carbocycles. The first-order valence-electron chi connectivity index (χ1n) is 8.02. The molecule has 0 amide bonds. The van der Waals surface area contributed by atoms with Gasteiger partial charge in [0.2, 0.25) is 5.75 Å². The van der Waals surface area contributed by atoms with E-state index in [1.54, 1.807) is 0 Å². The minimum Gasteiger partial charge on any atom is -0.504 e. The van der Waals surface area contributed by atoms with Crippen LogP contribution in [0.1, 0.15) is 0 Å². The largest absolute Gasteiger partial charge is 0.504 e. The van der Waals surface area contributed by atoms with Gasteiger partial charge in [-0.25, -0.2) is 0 Å². The fourth-order valence-corrected chi connectivity index (χ4v) is 2.76. The zero-order valence-corrected chi connectivity index (χ0v) is 14.5. The number of nitrogens with zero attached hydrogens (tertiary/aromatic N) is 2. The summed E-state index contributed by atoms with van der Waals surface area (Å²) < 4.78 is 0. The molecule has 29 heavy (non-hydrogen) atoms.